The maximum atomic E-state index is 4.46. The average molecular weight is 285 g/mol. The van der Waals surface area contributed by atoms with Gasteiger partial charge in [0.1, 0.15) is 5.82 Å². The van der Waals surface area contributed by atoms with Crippen molar-refractivity contribution in [2.45, 2.75) is 25.4 Å². The minimum atomic E-state index is 0.862. The van der Waals surface area contributed by atoms with E-state index in [4.69, 9.17) is 0 Å². The van der Waals surface area contributed by atoms with Crippen LogP contribution in [0.2, 0.25) is 0 Å². The van der Waals surface area contributed by atoms with Crippen molar-refractivity contribution in [3.8, 4) is 0 Å². The second-order valence-electron chi connectivity index (χ2n) is 4.57. The highest BCUT2D eigenvalue weighted by molar-refractivity contribution is 7.99. The van der Waals surface area contributed by atoms with Crippen LogP contribution in [0.25, 0.3) is 5.65 Å². The molecular weight excluding hydrogens is 270 g/mol. The lowest BCUT2D eigenvalue weighted by molar-refractivity contribution is 0.853. The molecule has 5 nitrogen and oxygen atoms in total. The van der Waals surface area contributed by atoms with Crippen molar-refractivity contribution < 1.29 is 0 Å². The van der Waals surface area contributed by atoms with E-state index in [1.807, 2.05) is 48.8 Å². The molecule has 0 unspecified atom stereocenters. The van der Waals surface area contributed by atoms with Gasteiger partial charge in [0, 0.05) is 29.9 Å². The van der Waals surface area contributed by atoms with E-state index in [1.165, 1.54) is 5.56 Å². The molecule has 3 aromatic heterocycles. The van der Waals surface area contributed by atoms with E-state index in [0.29, 0.717) is 0 Å². The summed E-state index contributed by atoms with van der Waals surface area (Å²) in [6, 6.07) is 6.03. The first-order valence-electron chi connectivity index (χ1n) is 6.45. The van der Waals surface area contributed by atoms with Crippen molar-refractivity contribution in [3.05, 3.63) is 47.7 Å². The predicted octanol–water partition coefficient (Wildman–Crippen LogP) is 2.47. The summed E-state index contributed by atoms with van der Waals surface area (Å²) >= 11 is 1.70. The Hall–Kier alpha value is -1.95. The lowest BCUT2D eigenvalue weighted by Gasteiger charge is -2.04. The zero-order chi connectivity index (χ0) is 13.9. The van der Waals surface area contributed by atoms with E-state index < -0.39 is 0 Å². The standard InChI is InChI=1S/C14H15N5S/c1-10-9-13-17-18-14(19(13)11(2)16-10)20-8-5-12-3-6-15-7-4-12/h3-4,6-7,9H,5,8H2,1-2H3. The summed E-state index contributed by atoms with van der Waals surface area (Å²) in [5.74, 6) is 1.88. The fourth-order valence-corrected chi connectivity index (χ4v) is 3.08. The van der Waals surface area contributed by atoms with Crippen molar-refractivity contribution in [1.82, 2.24) is 24.6 Å². The average Bonchev–Trinajstić information content (AvgIpc) is 2.83. The highest BCUT2D eigenvalue weighted by Gasteiger charge is 2.09. The van der Waals surface area contributed by atoms with Gasteiger partial charge in [0.25, 0.3) is 0 Å². The van der Waals surface area contributed by atoms with Gasteiger partial charge in [0.05, 0.1) is 0 Å². The summed E-state index contributed by atoms with van der Waals surface area (Å²) in [6.07, 6.45) is 4.63. The fourth-order valence-electron chi connectivity index (χ4n) is 2.11. The number of aryl methyl sites for hydroxylation is 3. The van der Waals surface area contributed by atoms with Gasteiger partial charge in [-0.2, -0.15) is 0 Å². The molecule has 0 radical (unpaired) electrons. The molecule has 0 aliphatic carbocycles. The molecule has 0 spiro atoms. The number of aromatic nitrogens is 5. The van der Waals surface area contributed by atoms with Gasteiger partial charge in [-0.05, 0) is 38.0 Å². The van der Waals surface area contributed by atoms with Gasteiger partial charge in [-0.25, -0.2) is 4.98 Å². The van der Waals surface area contributed by atoms with Gasteiger partial charge >= 0.3 is 0 Å². The lowest BCUT2D eigenvalue weighted by Crippen LogP contribution is -1.99. The maximum absolute atomic E-state index is 4.46. The molecular formula is C14H15N5S. The van der Waals surface area contributed by atoms with E-state index in [9.17, 15) is 0 Å². The number of hydrogen-bond donors (Lipinski definition) is 0. The Balaban J connectivity index is 1.75. The summed E-state index contributed by atoms with van der Waals surface area (Å²) in [6.45, 7) is 3.95. The van der Waals surface area contributed by atoms with E-state index in [0.717, 1.165) is 34.5 Å². The van der Waals surface area contributed by atoms with Crippen LogP contribution in [-0.2, 0) is 6.42 Å². The molecule has 0 aliphatic rings. The molecule has 20 heavy (non-hydrogen) atoms. The van der Waals surface area contributed by atoms with Crippen LogP contribution in [-0.4, -0.2) is 30.3 Å². The third-order valence-electron chi connectivity index (χ3n) is 3.03. The summed E-state index contributed by atoms with van der Waals surface area (Å²) in [7, 11) is 0. The fraction of sp³-hybridized carbons (Fsp3) is 0.286. The molecule has 3 rings (SSSR count). The Bertz CT molecular complexity index is 723. The minimum Gasteiger partial charge on any atom is -0.265 e. The largest absolute Gasteiger partial charge is 0.265 e. The van der Waals surface area contributed by atoms with Crippen molar-refractivity contribution in [1.29, 1.82) is 0 Å². The molecule has 0 bridgehead atoms. The predicted molar refractivity (Wildman–Crippen MR) is 78.9 cm³/mol. The van der Waals surface area contributed by atoms with Gasteiger partial charge in [0.2, 0.25) is 0 Å². The van der Waals surface area contributed by atoms with Crippen molar-refractivity contribution >= 4 is 17.4 Å². The molecule has 0 saturated carbocycles. The van der Waals surface area contributed by atoms with Gasteiger partial charge in [0.15, 0.2) is 10.8 Å². The van der Waals surface area contributed by atoms with Gasteiger partial charge < -0.3 is 0 Å². The molecule has 0 fully saturated rings. The van der Waals surface area contributed by atoms with Gasteiger partial charge in [-0.15, -0.1) is 10.2 Å². The Labute approximate surface area is 121 Å². The van der Waals surface area contributed by atoms with Crippen LogP contribution in [0.1, 0.15) is 17.1 Å². The second-order valence-corrected chi connectivity index (χ2v) is 5.64. The van der Waals surface area contributed by atoms with Gasteiger partial charge in [-0.1, -0.05) is 11.8 Å². The molecule has 3 aromatic rings. The van der Waals surface area contributed by atoms with Crippen LogP contribution in [0.5, 0.6) is 0 Å². The molecule has 102 valence electrons. The third-order valence-corrected chi connectivity index (χ3v) is 3.96. The Kier molecular flexibility index (Phi) is 3.64. The van der Waals surface area contributed by atoms with Crippen LogP contribution in [0, 0.1) is 13.8 Å². The second kappa shape index (κ2) is 5.58. The summed E-state index contributed by atoms with van der Waals surface area (Å²) in [5.41, 5.74) is 3.11. The van der Waals surface area contributed by atoms with Crippen LogP contribution < -0.4 is 0 Å². The van der Waals surface area contributed by atoms with Crippen LogP contribution in [0.3, 0.4) is 0 Å². The topological polar surface area (TPSA) is 56.0 Å². The number of fused-ring (bicyclic) bond motifs is 1. The molecule has 0 aliphatic heterocycles. The smallest absolute Gasteiger partial charge is 0.197 e. The summed E-state index contributed by atoms with van der Waals surface area (Å²) in [5, 5.41) is 9.36. The Morgan fingerprint density at radius 3 is 2.75 bits per heavy atom. The molecule has 3 heterocycles. The van der Waals surface area contributed by atoms with E-state index in [1.54, 1.807) is 11.8 Å². The third kappa shape index (κ3) is 2.65. The first-order valence-corrected chi connectivity index (χ1v) is 7.43. The first-order chi connectivity index (χ1) is 9.74. The van der Waals surface area contributed by atoms with Crippen molar-refractivity contribution in [2.24, 2.45) is 0 Å². The zero-order valence-corrected chi connectivity index (χ0v) is 12.3. The summed E-state index contributed by atoms with van der Waals surface area (Å²) in [4.78, 5) is 8.48. The molecule has 6 heteroatoms. The summed E-state index contributed by atoms with van der Waals surface area (Å²) < 4.78 is 2.00. The van der Waals surface area contributed by atoms with E-state index >= 15 is 0 Å². The number of rotatable bonds is 4. The molecule has 0 N–H and O–H groups in total. The quantitative estimate of drug-likeness (QED) is 0.689. The van der Waals surface area contributed by atoms with E-state index in [-0.39, 0.29) is 0 Å². The molecule has 0 amide bonds. The van der Waals surface area contributed by atoms with Crippen molar-refractivity contribution in [2.75, 3.05) is 5.75 Å². The number of thioether (sulfide) groups is 1. The molecule has 0 saturated heterocycles. The normalized spacial score (nSPS) is 11.1. The SMILES string of the molecule is Cc1cc2nnc(SCCc3ccncc3)n2c(C)n1. The van der Waals surface area contributed by atoms with Gasteiger partial charge in [-0.3, -0.25) is 9.38 Å². The number of hydrogen-bond acceptors (Lipinski definition) is 5. The Morgan fingerprint density at radius 2 is 1.95 bits per heavy atom. The monoisotopic (exact) mass is 285 g/mol. The minimum absolute atomic E-state index is 0.862. The first kappa shape index (κ1) is 13.1. The number of pyridine rings is 1. The van der Waals surface area contributed by atoms with Crippen LogP contribution >= 0.6 is 11.8 Å². The zero-order valence-electron chi connectivity index (χ0n) is 11.4. The lowest BCUT2D eigenvalue weighted by atomic mass is 10.2. The number of nitrogens with zero attached hydrogens (tertiary/aromatic N) is 5. The maximum Gasteiger partial charge on any atom is 0.197 e. The molecule has 0 aromatic carbocycles. The molecule has 0 atom stereocenters. The highest BCUT2D eigenvalue weighted by atomic mass is 32.2. The Morgan fingerprint density at radius 1 is 1.15 bits per heavy atom. The van der Waals surface area contributed by atoms with Crippen LogP contribution in [0.4, 0.5) is 0 Å². The van der Waals surface area contributed by atoms with Crippen molar-refractivity contribution in [3.63, 3.8) is 0 Å². The van der Waals surface area contributed by atoms with Crippen LogP contribution in [0.15, 0.2) is 35.7 Å². The van der Waals surface area contributed by atoms with E-state index in [2.05, 4.69) is 20.2 Å². The highest BCUT2D eigenvalue weighted by Crippen LogP contribution is 2.19.